The van der Waals surface area contributed by atoms with Crippen LogP contribution in [0.4, 0.5) is 30.7 Å². The molecule has 0 aliphatic rings. The molecule has 134 valence electrons. The Morgan fingerprint density at radius 2 is 1.50 bits per heavy atom. The zero-order valence-corrected chi connectivity index (χ0v) is 12.0. The van der Waals surface area contributed by atoms with Crippen LogP contribution in [0.5, 0.6) is 0 Å². The van der Waals surface area contributed by atoms with Crippen LogP contribution < -0.4 is 0 Å². The zero-order valence-electron chi connectivity index (χ0n) is 12.0. The predicted molar refractivity (Wildman–Crippen MR) is 66.9 cm³/mol. The van der Waals surface area contributed by atoms with Gasteiger partial charge >= 0.3 is 12.1 Å². The number of rotatable bonds is 7. The third-order valence-electron chi connectivity index (χ3n) is 2.76. The minimum atomic E-state index is -5.63. The van der Waals surface area contributed by atoms with Crippen molar-refractivity contribution < 1.29 is 45.0 Å². The normalized spacial score (nSPS) is 11.3. The van der Waals surface area contributed by atoms with Crippen LogP contribution in [0.2, 0.25) is 0 Å². The Kier molecular flexibility index (Phi) is 6.61. The minimum absolute atomic E-state index is 0.120. The van der Waals surface area contributed by atoms with Gasteiger partial charge < -0.3 is 9.47 Å². The van der Waals surface area contributed by atoms with E-state index in [2.05, 4.69) is 11.3 Å². The van der Waals surface area contributed by atoms with Crippen molar-refractivity contribution in [3.05, 3.63) is 47.2 Å². The van der Waals surface area contributed by atoms with Crippen LogP contribution in [0.15, 0.2) is 12.8 Å². The summed E-state index contributed by atoms with van der Waals surface area (Å²) in [5.41, 5.74) is -4.60. The number of esters is 1. The Morgan fingerprint density at radius 3 is 2.04 bits per heavy atom. The number of ether oxygens (including phenoxy) is 2. The standard InChI is InChI=1S/C14H11F7O3/c1-2-23-5-3-4-6-24-13(22)7-8(14(19,20)21)10(16)12(18)11(17)9(7)15/h2H,1,3-6H2. The molecule has 0 saturated heterocycles. The van der Waals surface area contributed by atoms with Gasteiger partial charge in [0.05, 0.1) is 19.5 Å². The van der Waals surface area contributed by atoms with Crippen molar-refractivity contribution in [1.82, 2.24) is 0 Å². The first kappa shape index (κ1) is 19.8. The van der Waals surface area contributed by atoms with Gasteiger partial charge in [0, 0.05) is 0 Å². The molecule has 10 heteroatoms. The van der Waals surface area contributed by atoms with Crippen molar-refractivity contribution >= 4 is 5.97 Å². The molecule has 0 spiro atoms. The summed E-state index contributed by atoms with van der Waals surface area (Å²) in [4.78, 5) is 11.6. The van der Waals surface area contributed by atoms with Gasteiger partial charge in [-0.15, -0.1) is 0 Å². The maximum Gasteiger partial charge on any atom is 0.420 e. The Labute approximate surface area is 131 Å². The lowest BCUT2D eigenvalue weighted by Crippen LogP contribution is -2.22. The Morgan fingerprint density at radius 1 is 0.958 bits per heavy atom. The first-order valence-corrected chi connectivity index (χ1v) is 6.45. The highest BCUT2D eigenvalue weighted by atomic mass is 19.4. The van der Waals surface area contributed by atoms with E-state index in [-0.39, 0.29) is 13.0 Å². The molecule has 1 rings (SSSR count). The van der Waals surface area contributed by atoms with Gasteiger partial charge in [-0.3, -0.25) is 0 Å². The molecule has 0 radical (unpaired) electrons. The van der Waals surface area contributed by atoms with Gasteiger partial charge in [0.15, 0.2) is 23.3 Å². The lowest BCUT2D eigenvalue weighted by molar-refractivity contribution is -0.141. The Balaban J connectivity index is 3.05. The first-order valence-electron chi connectivity index (χ1n) is 6.45. The van der Waals surface area contributed by atoms with Gasteiger partial charge in [0.1, 0.15) is 11.1 Å². The molecule has 24 heavy (non-hydrogen) atoms. The quantitative estimate of drug-likeness (QED) is 0.181. The van der Waals surface area contributed by atoms with E-state index in [0.717, 1.165) is 6.26 Å². The maximum atomic E-state index is 13.5. The SMILES string of the molecule is C=COCCCCOC(=O)c1c(F)c(F)c(F)c(F)c1C(F)(F)F. The second-order valence-electron chi connectivity index (χ2n) is 4.38. The van der Waals surface area contributed by atoms with E-state index in [0.29, 0.717) is 6.42 Å². The average Bonchev–Trinajstić information content (AvgIpc) is 2.50. The number of benzene rings is 1. The fraction of sp³-hybridized carbons (Fsp3) is 0.357. The van der Waals surface area contributed by atoms with Crippen LogP contribution in [0.3, 0.4) is 0 Å². The predicted octanol–water partition coefficient (Wildman–Crippen LogP) is 4.36. The van der Waals surface area contributed by atoms with Crippen LogP contribution in [0.25, 0.3) is 0 Å². The van der Waals surface area contributed by atoms with Gasteiger partial charge in [-0.2, -0.15) is 13.2 Å². The topological polar surface area (TPSA) is 35.5 Å². The van der Waals surface area contributed by atoms with Gasteiger partial charge in [0.25, 0.3) is 0 Å². The minimum Gasteiger partial charge on any atom is -0.502 e. The lowest BCUT2D eigenvalue weighted by atomic mass is 10.0. The number of unbranched alkanes of at least 4 members (excludes halogenated alkanes) is 1. The molecule has 0 atom stereocenters. The summed E-state index contributed by atoms with van der Waals surface area (Å²) < 4.78 is 100. The molecule has 0 aliphatic carbocycles. The van der Waals surface area contributed by atoms with Crippen molar-refractivity contribution in [3.8, 4) is 0 Å². The molecule has 0 aliphatic heterocycles. The molecule has 1 aromatic rings. The molecular formula is C14H11F7O3. The highest BCUT2D eigenvalue weighted by molar-refractivity contribution is 5.91. The summed E-state index contributed by atoms with van der Waals surface area (Å²) in [5.74, 6) is -12.3. The number of halogens is 7. The summed E-state index contributed by atoms with van der Waals surface area (Å²) in [6.07, 6.45) is -4.05. The summed E-state index contributed by atoms with van der Waals surface area (Å²) in [5, 5.41) is 0. The van der Waals surface area contributed by atoms with E-state index >= 15 is 0 Å². The van der Waals surface area contributed by atoms with Crippen LogP contribution >= 0.6 is 0 Å². The maximum absolute atomic E-state index is 13.5. The Hall–Kier alpha value is -2.26. The summed E-state index contributed by atoms with van der Waals surface area (Å²) in [6.45, 7) is 2.98. The molecular weight excluding hydrogens is 349 g/mol. The van der Waals surface area contributed by atoms with E-state index in [1.54, 1.807) is 0 Å². The summed E-state index contributed by atoms with van der Waals surface area (Å²) >= 11 is 0. The van der Waals surface area contributed by atoms with Gasteiger partial charge in [-0.05, 0) is 12.8 Å². The van der Waals surface area contributed by atoms with E-state index in [4.69, 9.17) is 4.74 Å². The molecule has 0 fully saturated rings. The first-order chi connectivity index (χ1) is 11.1. The second-order valence-corrected chi connectivity index (χ2v) is 4.38. The van der Waals surface area contributed by atoms with Crippen LogP contribution in [0.1, 0.15) is 28.8 Å². The van der Waals surface area contributed by atoms with Gasteiger partial charge in [-0.1, -0.05) is 6.58 Å². The number of alkyl halides is 3. The molecule has 0 saturated carbocycles. The van der Waals surface area contributed by atoms with E-state index in [1.165, 1.54) is 0 Å². The number of carbonyl (C=O) groups excluding carboxylic acids is 1. The molecule has 0 aromatic heterocycles. The molecule has 1 aromatic carbocycles. The smallest absolute Gasteiger partial charge is 0.420 e. The highest BCUT2D eigenvalue weighted by Gasteiger charge is 2.44. The van der Waals surface area contributed by atoms with Crippen molar-refractivity contribution in [1.29, 1.82) is 0 Å². The number of hydrogen-bond donors (Lipinski definition) is 0. The number of carbonyl (C=O) groups is 1. The molecule has 3 nitrogen and oxygen atoms in total. The molecule has 0 amide bonds. The molecule has 0 N–H and O–H groups in total. The zero-order chi connectivity index (χ0) is 18.5. The largest absolute Gasteiger partial charge is 0.502 e. The monoisotopic (exact) mass is 360 g/mol. The average molecular weight is 360 g/mol. The van der Waals surface area contributed by atoms with Crippen molar-refractivity contribution in [2.24, 2.45) is 0 Å². The third-order valence-corrected chi connectivity index (χ3v) is 2.76. The van der Waals surface area contributed by atoms with Crippen LogP contribution in [-0.4, -0.2) is 19.2 Å². The highest BCUT2D eigenvalue weighted by Crippen LogP contribution is 2.37. The lowest BCUT2D eigenvalue weighted by Gasteiger charge is -2.15. The van der Waals surface area contributed by atoms with Gasteiger partial charge in [0.2, 0.25) is 0 Å². The van der Waals surface area contributed by atoms with Gasteiger partial charge in [-0.25, -0.2) is 22.4 Å². The summed E-state index contributed by atoms with van der Waals surface area (Å²) in [6, 6.07) is 0. The van der Waals surface area contributed by atoms with E-state index in [1.807, 2.05) is 0 Å². The van der Waals surface area contributed by atoms with Crippen molar-refractivity contribution in [2.75, 3.05) is 13.2 Å². The van der Waals surface area contributed by atoms with Crippen molar-refractivity contribution in [2.45, 2.75) is 19.0 Å². The van der Waals surface area contributed by atoms with Crippen molar-refractivity contribution in [3.63, 3.8) is 0 Å². The fourth-order valence-corrected chi connectivity index (χ4v) is 1.70. The fourth-order valence-electron chi connectivity index (χ4n) is 1.70. The molecule has 0 bridgehead atoms. The van der Waals surface area contributed by atoms with E-state index in [9.17, 15) is 35.5 Å². The Bertz CT molecular complexity index is 626. The number of hydrogen-bond acceptors (Lipinski definition) is 3. The second kappa shape index (κ2) is 8.02. The van der Waals surface area contributed by atoms with E-state index < -0.39 is 53.1 Å². The molecule has 0 heterocycles. The van der Waals surface area contributed by atoms with Crippen LogP contribution in [-0.2, 0) is 15.7 Å². The molecule has 0 unspecified atom stereocenters. The third kappa shape index (κ3) is 4.39. The summed E-state index contributed by atoms with van der Waals surface area (Å²) in [7, 11) is 0. The van der Waals surface area contributed by atoms with Crippen LogP contribution in [0, 0.1) is 23.3 Å².